The van der Waals surface area contributed by atoms with E-state index in [1.54, 1.807) is 0 Å². The number of nitrogens with zero attached hydrogens (tertiary/aromatic N) is 1. The average Bonchev–Trinajstić information content (AvgIpc) is 2.22. The van der Waals surface area contributed by atoms with Crippen LogP contribution in [0.5, 0.6) is 0 Å². The number of ether oxygens (including phenoxy) is 1. The minimum absolute atomic E-state index is 0.380. The average molecular weight is 293 g/mol. The van der Waals surface area contributed by atoms with Crippen molar-refractivity contribution in [2.45, 2.75) is 0 Å². The van der Waals surface area contributed by atoms with Gasteiger partial charge in [-0.3, -0.25) is 10.1 Å². The van der Waals surface area contributed by atoms with E-state index in [0.29, 0.717) is 0 Å². The number of carbonyl (C=O) groups excluding carboxylic acids is 1. The highest BCUT2D eigenvalue weighted by molar-refractivity contribution is 9.10. The zero-order chi connectivity index (χ0) is 12.5. The molecule has 86 valence electrons. The van der Waals surface area contributed by atoms with Gasteiger partial charge in [-0.25, -0.2) is 9.18 Å². The minimum Gasteiger partial charge on any atom is -0.465 e. The maximum absolute atomic E-state index is 13.3. The molecule has 0 aliphatic rings. The van der Waals surface area contributed by atoms with Crippen molar-refractivity contribution >= 4 is 33.3 Å². The Morgan fingerprint density at radius 2 is 2.25 bits per heavy atom. The third kappa shape index (κ3) is 1.96. The lowest BCUT2D eigenvalue weighted by atomic mass is 10.1. The number of nitro groups is 1. The summed E-state index contributed by atoms with van der Waals surface area (Å²) in [6.07, 6.45) is 0. The fourth-order valence-corrected chi connectivity index (χ4v) is 1.56. The van der Waals surface area contributed by atoms with Crippen molar-refractivity contribution in [1.29, 1.82) is 0 Å². The van der Waals surface area contributed by atoms with E-state index in [4.69, 9.17) is 5.73 Å². The van der Waals surface area contributed by atoms with Crippen LogP contribution in [0.3, 0.4) is 0 Å². The van der Waals surface area contributed by atoms with Gasteiger partial charge in [0.1, 0.15) is 16.0 Å². The Morgan fingerprint density at radius 1 is 1.69 bits per heavy atom. The van der Waals surface area contributed by atoms with E-state index < -0.39 is 32.6 Å². The topological polar surface area (TPSA) is 95.5 Å². The van der Waals surface area contributed by atoms with E-state index in [0.717, 1.165) is 13.2 Å². The maximum Gasteiger partial charge on any atom is 0.340 e. The van der Waals surface area contributed by atoms with Crippen molar-refractivity contribution in [2.75, 3.05) is 12.8 Å². The van der Waals surface area contributed by atoms with Gasteiger partial charge in [-0.15, -0.1) is 0 Å². The number of nitrogen functional groups attached to an aromatic ring is 1. The second kappa shape index (κ2) is 4.44. The number of benzene rings is 1. The number of hydrogen-bond donors (Lipinski definition) is 1. The molecule has 0 bridgehead atoms. The molecule has 0 saturated heterocycles. The Balaban J connectivity index is 3.56. The summed E-state index contributed by atoms with van der Waals surface area (Å²) in [6.45, 7) is 0. The lowest BCUT2D eigenvalue weighted by molar-refractivity contribution is -0.384. The monoisotopic (exact) mass is 292 g/mol. The lowest BCUT2D eigenvalue weighted by Crippen LogP contribution is -2.09. The number of anilines is 1. The highest BCUT2D eigenvalue weighted by Crippen LogP contribution is 2.36. The van der Waals surface area contributed by atoms with E-state index >= 15 is 0 Å². The van der Waals surface area contributed by atoms with Crippen LogP contribution in [-0.2, 0) is 4.74 Å². The zero-order valence-corrected chi connectivity index (χ0v) is 9.58. The molecule has 0 unspecified atom stereocenters. The number of hydrogen-bond acceptors (Lipinski definition) is 5. The second-order valence-corrected chi connectivity index (χ2v) is 3.52. The molecule has 0 fully saturated rings. The second-order valence-electron chi connectivity index (χ2n) is 2.73. The summed E-state index contributed by atoms with van der Waals surface area (Å²) in [6, 6.07) is 0.776. The van der Waals surface area contributed by atoms with Crippen LogP contribution in [0.1, 0.15) is 10.4 Å². The number of halogens is 2. The highest BCUT2D eigenvalue weighted by atomic mass is 79.9. The third-order valence-electron chi connectivity index (χ3n) is 1.82. The minimum atomic E-state index is -0.957. The first-order valence-corrected chi connectivity index (χ1v) is 4.69. The number of esters is 1. The maximum atomic E-state index is 13.3. The molecule has 1 aromatic carbocycles. The van der Waals surface area contributed by atoms with Crippen molar-refractivity contribution in [2.24, 2.45) is 0 Å². The Kier molecular flexibility index (Phi) is 3.43. The van der Waals surface area contributed by atoms with Gasteiger partial charge in [0.2, 0.25) is 0 Å². The van der Waals surface area contributed by atoms with Crippen LogP contribution in [0.25, 0.3) is 0 Å². The third-order valence-corrected chi connectivity index (χ3v) is 2.58. The zero-order valence-electron chi connectivity index (χ0n) is 7.99. The van der Waals surface area contributed by atoms with Crippen molar-refractivity contribution in [3.63, 3.8) is 0 Å². The normalized spacial score (nSPS) is 9.94. The van der Waals surface area contributed by atoms with Gasteiger partial charge in [-0.2, -0.15) is 0 Å². The lowest BCUT2D eigenvalue weighted by Gasteiger charge is -2.06. The fourth-order valence-electron chi connectivity index (χ4n) is 1.08. The Morgan fingerprint density at radius 3 is 2.69 bits per heavy atom. The summed E-state index contributed by atoms with van der Waals surface area (Å²) in [5.41, 5.74) is 3.88. The Hall–Kier alpha value is -1.70. The van der Waals surface area contributed by atoms with Gasteiger partial charge in [0.25, 0.3) is 0 Å². The molecular formula is C8H6BrFN2O4. The van der Waals surface area contributed by atoms with Crippen molar-refractivity contribution in [3.8, 4) is 0 Å². The quantitative estimate of drug-likeness (QED) is 0.388. The van der Waals surface area contributed by atoms with E-state index in [2.05, 4.69) is 20.7 Å². The van der Waals surface area contributed by atoms with Gasteiger partial charge in [0.15, 0.2) is 0 Å². The van der Waals surface area contributed by atoms with Gasteiger partial charge in [0, 0.05) is 0 Å². The molecule has 16 heavy (non-hydrogen) atoms. The molecule has 0 aliphatic heterocycles. The molecule has 0 heterocycles. The van der Waals surface area contributed by atoms with Gasteiger partial charge in [-0.1, -0.05) is 0 Å². The van der Waals surface area contributed by atoms with Crippen molar-refractivity contribution < 1.29 is 18.8 Å². The Bertz CT molecular complexity index is 478. The van der Waals surface area contributed by atoms with Crippen LogP contribution in [0, 0.1) is 15.9 Å². The molecule has 0 radical (unpaired) electrons. The number of nitrogens with two attached hydrogens (primary N) is 1. The molecule has 0 amide bonds. The molecule has 1 aromatic rings. The molecule has 6 nitrogen and oxygen atoms in total. The predicted molar refractivity (Wildman–Crippen MR) is 56.5 cm³/mol. The van der Waals surface area contributed by atoms with E-state index in [9.17, 15) is 19.3 Å². The summed E-state index contributed by atoms with van der Waals surface area (Å²) >= 11 is 2.69. The van der Waals surface area contributed by atoms with Crippen molar-refractivity contribution in [3.05, 3.63) is 32.0 Å². The van der Waals surface area contributed by atoms with Gasteiger partial charge in [0.05, 0.1) is 17.6 Å². The number of methoxy groups -OCH3 is 1. The van der Waals surface area contributed by atoms with Gasteiger partial charge in [-0.05, 0) is 22.0 Å². The summed E-state index contributed by atoms with van der Waals surface area (Å²) in [4.78, 5) is 20.9. The van der Waals surface area contributed by atoms with E-state index in [1.165, 1.54) is 0 Å². The van der Waals surface area contributed by atoms with Crippen LogP contribution in [0.4, 0.5) is 15.8 Å². The molecule has 2 N–H and O–H groups in total. The molecule has 0 spiro atoms. The molecule has 1 rings (SSSR count). The van der Waals surface area contributed by atoms with Crippen LogP contribution in [0.15, 0.2) is 10.5 Å². The smallest absolute Gasteiger partial charge is 0.340 e. The molecule has 8 heteroatoms. The van der Waals surface area contributed by atoms with Crippen LogP contribution < -0.4 is 5.73 Å². The fraction of sp³-hybridized carbons (Fsp3) is 0.125. The largest absolute Gasteiger partial charge is 0.465 e. The summed E-state index contributed by atoms with van der Waals surface area (Å²) in [5, 5.41) is 10.6. The van der Waals surface area contributed by atoms with Gasteiger partial charge >= 0.3 is 11.7 Å². The van der Waals surface area contributed by atoms with Gasteiger partial charge < -0.3 is 10.5 Å². The first-order valence-electron chi connectivity index (χ1n) is 3.90. The molecule has 0 aliphatic carbocycles. The first kappa shape index (κ1) is 12.4. The summed E-state index contributed by atoms with van der Waals surface area (Å²) in [7, 11) is 1.06. The van der Waals surface area contributed by atoms with E-state index in [-0.39, 0.29) is 5.56 Å². The Labute approximate surface area is 97.5 Å². The number of carbonyl (C=O) groups is 1. The highest BCUT2D eigenvalue weighted by Gasteiger charge is 2.27. The standard InChI is InChI=1S/C8H6BrFN2O4/c1-16-8(13)3-2-4(10)5(9)7(6(3)11)12(14)15/h2H,11H2,1H3. The number of rotatable bonds is 2. The number of nitro benzene ring substituents is 1. The molecule has 0 atom stereocenters. The van der Waals surface area contributed by atoms with Crippen LogP contribution in [-0.4, -0.2) is 18.0 Å². The van der Waals surface area contributed by atoms with Crippen LogP contribution in [0.2, 0.25) is 0 Å². The molecule has 0 aromatic heterocycles. The SMILES string of the molecule is COC(=O)c1cc(F)c(Br)c([N+](=O)[O-])c1N. The predicted octanol–water partition coefficient (Wildman–Crippen LogP) is 1.87. The van der Waals surface area contributed by atoms with Crippen molar-refractivity contribution in [1.82, 2.24) is 0 Å². The summed E-state index contributed by atoms with van der Waals surface area (Å²) < 4.78 is 17.2. The molecular weight excluding hydrogens is 287 g/mol. The first-order chi connectivity index (χ1) is 7.40. The van der Waals surface area contributed by atoms with Crippen LogP contribution >= 0.6 is 15.9 Å². The summed E-state index contributed by atoms with van der Waals surface area (Å²) in [5.74, 6) is -1.90. The molecule has 0 saturated carbocycles. The van der Waals surface area contributed by atoms with E-state index in [1.807, 2.05) is 0 Å².